The Hall–Kier alpha value is -3.45. The Morgan fingerprint density at radius 1 is 1.07 bits per heavy atom. The predicted molar refractivity (Wildman–Crippen MR) is 111 cm³/mol. The largest absolute Gasteiger partial charge is 0.354 e. The topological polar surface area (TPSA) is 98.9 Å². The molecule has 148 valence electrons. The Kier molecular flexibility index (Phi) is 5.67. The maximum atomic E-state index is 12.5. The quantitative estimate of drug-likeness (QED) is 0.539. The van der Waals surface area contributed by atoms with Crippen molar-refractivity contribution in [3.8, 4) is 0 Å². The summed E-state index contributed by atoms with van der Waals surface area (Å²) in [5, 5.41) is 9.12. The van der Waals surface area contributed by atoms with Crippen LogP contribution in [-0.2, 0) is 19.5 Å². The highest BCUT2D eigenvalue weighted by Gasteiger charge is 2.15. The fraction of sp³-hybridized carbons (Fsp3) is 0.227. The predicted octanol–water partition coefficient (Wildman–Crippen LogP) is 2.63. The first-order valence-electron chi connectivity index (χ1n) is 9.70. The van der Waals surface area contributed by atoms with E-state index in [4.69, 9.17) is 0 Å². The Balaban J connectivity index is 1.37. The van der Waals surface area contributed by atoms with Gasteiger partial charge in [-0.2, -0.15) is 0 Å². The van der Waals surface area contributed by atoms with Gasteiger partial charge < -0.3 is 20.9 Å². The number of hydrogen-bond donors (Lipinski definition) is 4. The molecule has 7 heteroatoms. The maximum Gasteiger partial charge on any atom is 0.274 e. The molecule has 29 heavy (non-hydrogen) atoms. The van der Waals surface area contributed by atoms with E-state index in [1.165, 1.54) is 0 Å². The number of carbonyl (C=O) groups is 2. The van der Waals surface area contributed by atoms with Gasteiger partial charge in [0.15, 0.2) is 0 Å². The van der Waals surface area contributed by atoms with Gasteiger partial charge in [-0.15, -0.1) is 0 Å². The molecule has 0 bridgehead atoms. The maximum absolute atomic E-state index is 12.5. The molecule has 1 aliphatic rings. The van der Waals surface area contributed by atoms with Gasteiger partial charge in [-0.25, -0.2) is 0 Å². The van der Waals surface area contributed by atoms with Crippen molar-refractivity contribution in [2.45, 2.75) is 25.9 Å². The number of carbonyl (C=O) groups excluding carboxylic acids is 2. The molecule has 0 atom stereocenters. The molecule has 3 aromatic rings. The van der Waals surface area contributed by atoms with E-state index in [2.05, 4.69) is 25.9 Å². The molecule has 4 rings (SSSR count). The van der Waals surface area contributed by atoms with Crippen molar-refractivity contribution in [1.29, 1.82) is 0 Å². The van der Waals surface area contributed by atoms with Crippen LogP contribution in [0.1, 0.15) is 44.2 Å². The van der Waals surface area contributed by atoms with Crippen molar-refractivity contribution in [2.75, 3.05) is 11.9 Å². The van der Waals surface area contributed by atoms with Crippen molar-refractivity contribution in [3.05, 3.63) is 82.9 Å². The molecule has 1 aromatic carbocycles. The van der Waals surface area contributed by atoms with E-state index in [9.17, 15) is 9.59 Å². The van der Waals surface area contributed by atoms with E-state index in [-0.39, 0.29) is 11.8 Å². The van der Waals surface area contributed by atoms with E-state index in [0.717, 1.165) is 42.8 Å². The summed E-state index contributed by atoms with van der Waals surface area (Å²) >= 11 is 0. The molecule has 3 heterocycles. The summed E-state index contributed by atoms with van der Waals surface area (Å²) in [5.41, 5.74) is 4.79. The highest BCUT2D eigenvalue weighted by atomic mass is 16.2. The third-order valence-electron chi connectivity index (χ3n) is 4.87. The molecular formula is C22H23N5O2. The minimum atomic E-state index is -0.270. The van der Waals surface area contributed by atoms with E-state index in [1.807, 2.05) is 24.3 Å². The Bertz CT molecular complexity index is 990. The smallest absolute Gasteiger partial charge is 0.274 e. The Labute approximate surface area is 168 Å². The summed E-state index contributed by atoms with van der Waals surface area (Å²) < 4.78 is 0. The van der Waals surface area contributed by atoms with Crippen LogP contribution in [0, 0.1) is 0 Å². The van der Waals surface area contributed by atoms with Crippen molar-refractivity contribution in [1.82, 2.24) is 20.6 Å². The standard InChI is InChI=1S/C22H23N5O2/c28-21(20-12-16-14-23-9-4-8-18(16)27-20)25-13-15-5-3-6-17(11-15)26-22(29)19-7-1-2-10-24-19/h1-3,5-7,10-12,23,27H,4,8-9,13-14H2,(H,25,28)(H,26,29). The lowest BCUT2D eigenvalue weighted by Crippen LogP contribution is -2.23. The average Bonchev–Trinajstić information content (AvgIpc) is 3.03. The van der Waals surface area contributed by atoms with Gasteiger partial charge in [0.25, 0.3) is 11.8 Å². The number of nitrogens with zero attached hydrogens (tertiary/aromatic N) is 1. The number of pyridine rings is 1. The van der Waals surface area contributed by atoms with Gasteiger partial charge in [0.1, 0.15) is 11.4 Å². The van der Waals surface area contributed by atoms with Gasteiger partial charge in [0.05, 0.1) is 0 Å². The van der Waals surface area contributed by atoms with Crippen LogP contribution in [0.4, 0.5) is 5.69 Å². The van der Waals surface area contributed by atoms with Crippen LogP contribution in [0.5, 0.6) is 0 Å². The van der Waals surface area contributed by atoms with Crippen molar-refractivity contribution >= 4 is 17.5 Å². The lowest BCUT2D eigenvalue weighted by Gasteiger charge is -2.08. The molecule has 0 spiro atoms. The number of aromatic amines is 1. The zero-order valence-corrected chi connectivity index (χ0v) is 16.0. The molecule has 0 saturated heterocycles. The Morgan fingerprint density at radius 3 is 2.86 bits per heavy atom. The van der Waals surface area contributed by atoms with E-state index in [0.29, 0.717) is 23.6 Å². The minimum absolute atomic E-state index is 0.138. The van der Waals surface area contributed by atoms with Gasteiger partial charge in [-0.3, -0.25) is 14.6 Å². The normalized spacial score (nSPS) is 13.2. The molecule has 4 N–H and O–H groups in total. The number of nitrogens with one attached hydrogen (secondary N) is 4. The van der Waals surface area contributed by atoms with Crippen LogP contribution >= 0.6 is 0 Å². The second kappa shape index (κ2) is 8.70. The first kappa shape index (κ1) is 18.9. The second-order valence-electron chi connectivity index (χ2n) is 7.02. The summed E-state index contributed by atoms with van der Waals surface area (Å²) in [6, 6.07) is 14.5. The number of hydrogen-bond acceptors (Lipinski definition) is 4. The molecule has 1 aliphatic heterocycles. The van der Waals surface area contributed by atoms with Gasteiger partial charge in [-0.05, 0) is 60.8 Å². The summed E-state index contributed by atoms with van der Waals surface area (Å²) in [5.74, 6) is -0.408. The molecule has 0 aliphatic carbocycles. The zero-order valence-electron chi connectivity index (χ0n) is 16.0. The molecule has 7 nitrogen and oxygen atoms in total. The number of fused-ring (bicyclic) bond motifs is 1. The van der Waals surface area contributed by atoms with E-state index < -0.39 is 0 Å². The summed E-state index contributed by atoms with van der Waals surface area (Å²) in [4.78, 5) is 32.1. The number of aromatic nitrogens is 2. The molecule has 0 fully saturated rings. The lowest BCUT2D eigenvalue weighted by atomic mass is 10.2. The van der Waals surface area contributed by atoms with Crippen LogP contribution in [0.3, 0.4) is 0 Å². The third kappa shape index (κ3) is 4.70. The fourth-order valence-electron chi connectivity index (χ4n) is 3.39. The van der Waals surface area contributed by atoms with Crippen molar-refractivity contribution in [2.24, 2.45) is 0 Å². The number of anilines is 1. The van der Waals surface area contributed by atoms with Crippen LogP contribution < -0.4 is 16.0 Å². The van der Waals surface area contributed by atoms with Gasteiger partial charge in [0, 0.05) is 30.7 Å². The fourth-order valence-corrected chi connectivity index (χ4v) is 3.39. The van der Waals surface area contributed by atoms with Gasteiger partial charge in [-0.1, -0.05) is 18.2 Å². The number of H-pyrrole nitrogens is 1. The molecule has 2 amide bonds. The third-order valence-corrected chi connectivity index (χ3v) is 4.87. The summed E-state index contributed by atoms with van der Waals surface area (Å²) in [6.07, 6.45) is 3.59. The first-order chi connectivity index (χ1) is 14.2. The minimum Gasteiger partial charge on any atom is -0.354 e. The molecule has 0 radical (unpaired) electrons. The monoisotopic (exact) mass is 389 g/mol. The number of benzene rings is 1. The highest BCUT2D eigenvalue weighted by Crippen LogP contribution is 2.16. The summed E-state index contributed by atoms with van der Waals surface area (Å²) in [7, 11) is 0. The molecular weight excluding hydrogens is 366 g/mol. The second-order valence-corrected chi connectivity index (χ2v) is 7.02. The number of rotatable bonds is 5. The van der Waals surface area contributed by atoms with Crippen molar-refractivity contribution < 1.29 is 9.59 Å². The molecule has 2 aromatic heterocycles. The van der Waals surface area contributed by atoms with Crippen molar-refractivity contribution in [3.63, 3.8) is 0 Å². The zero-order chi connectivity index (χ0) is 20.1. The van der Waals surface area contributed by atoms with Gasteiger partial charge in [0.2, 0.25) is 0 Å². The highest BCUT2D eigenvalue weighted by molar-refractivity contribution is 6.02. The SMILES string of the molecule is O=C(Nc1cccc(CNC(=O)c2cc3c([nH]2)CCCNC3)c1)c1ccccn1. The Morgan fingerprint density at radius 2 is 2.00 bits per heavy atom. The van der Waals surface area contributed by atoms with Crippen LogP contribution in [0.25, 0.3) is 0 Å². The van der Waals surface area contributed by atoms with Crippen LogP contribution in [-0.4, -0.2) is 28.3 Å². The molecule has 0 saturated carbocycles. The molecule has 0 unspecified atom stereocenters. The number of amides is 2. The lowest BCUT2D eigenvalue weighted by molar-refractivity contribution is 0.0945. The van der Waals surface area contributed by atoms with E-state index >= 15 is 0 Å². The average molecular weight is 389 g/mol. The summed E-state index contributed by atoms with van der Waals surface area (Å²) in [6.45, 7) is 2.16. The first-order valence-corrected chi connectivity index (χ1v) is 9.70. The van der Waals surface area contributed by atoms with Gasteiger partial charge >= 0.3 is 0 Å². The number of aryl methyl sites for hydroxylation is 1. The van der Waals surface area contributed by atoms with Crippen LogP contribution in [0.15, 0.2) is 54.7 Å². The van der Waals surface area contributed by atoms with E-state index in [1.54, 1.807) is 30.5 Å². The van der Waals surface area contributed by atoms with Crippen LogP contribution in [0.2, 0.25) is 0 Å².